The van der Waals surface area contributed by atoms with E-state index in [1.807, 2.05) is 11.6 Å². The molecule has 1 aromatic rings. The van der Waals surface area contributed by atoms with Crippen LogP contribution in [-0.4, -0.2) is 11.0 Å². The van der Waals surface area contributed by atoms with Crippen LogP contribution in [0.5, 0.6) is 0 Å². The van der Waals surface area contributed by atoms with Crippen LogP contribution in [0, 0.1) is 5.92 Å². The number of hydrogen-bond acceptors (Lipinski definition) is 3. The maximum absolute atomic E-state index is 4.29. The topological polar surface area (TPSA) is 24.9 Å². The van der Waals surface area contributed by atoms with Gasteiger partial charge in [-0.05, 0) is 25.7 Å². The molecule has 1 aliphatic rings. The molecule has 1 N–H and O–H groups in total. The fraction of sp³-hybridized carbons (Fsp3) is 0.750. The van der Waals surface area contributed by atoms with Crippen LogP contribution in [0.2, 0.25) is 0 Å². The van der Waals surface area contributed by atoms with E-state index in [9.17, 15) is 0 Å². The standard InChI is InChI=1S/C12H20N2S/c1-10(11-5-3-2-4-6-11)14-9-12-13-7-8-15-12/h7-8,10-11,14H,2-6,9H2,1H3/t10-/m0/s1. The van der Waals surface area contributed by atoms with Crippen molar-refractivity contribution in [2.45, 2.75) is 51.6 Å². The normalized spacial score (nSPS) is 20.3. The SMILES string of the molecule is C[C@H](NCc1nccs1)C1CCCCC1. The molecule has 1 saturated carbocycles. The largest absolute Gasteiger partial charge is 0.308 e. The van der Waals surface area contributed by atoms with Gasteiger partial charge in [0.05, 0.1) is 0 Å². The maximum Gasteiger partial charge on any atom is 0.106 e. The van der Waals surface area contributed by atoms with Gasteiger partial charge in [0, 0.05) is 24.2 Å². The Balaban J connectivity index is 1.74. The first-order valence-electron chi connectivity index (χ1n) is 5.98. The fourth-order valence-corrected chi connectivity index (χ4v) is 2.96. The molecule has 84 valence electrons. The average Bonchev–Trinajstić information content (AvgIpc) is 2.80. The van der Waals surface area contributed by atoms with Crippen LogP contribution < -0.4 is 5.32 Å². The van der Waals surface area contributed by atoms with Crippen LogP contribution in [0.4, 0.5) is 0 Å². The predicted molar refractivity (Wildman–Crippen MR) is 65.0 cm³/mol. The highest BCUT2D eigenvalue weighted by molar-refractivity contribution is 7.09. The molecular weight excluding hydrogens is 204 g/mol. The van der Waals surface area contributed by atoms with Crippen LogP contribution in [0.3, 0.4) is 0 Å². The zero-order chi connectivity index (χ0) is 10.5. The van der Waals surface area contributed by atoms with Crippen molar-refractivity contribution in [1.82, 2.24) is 10.3 Å². The Hall–Kier alpha value is -0.410. The van der Waals surface area contributed by atoms with E-state index in [0.29, 0.717) is 6.04 Å². The molecule has 1 aromatic heterocycles. The number of nitrogens with zero attached hydrogens (tertiary/aromatic N) is 1. The van der Waals surface area contributed by atoms with Crippen molar-refractivity contribution in [3.05, 3.63) is 16.6 Å². The second kappa shape index (κ2) is 5.61. The summed E-state index contributed by atoms with van der Waals surface area (Å²) >= 11 is 1.74. The lowest BCUT2D eigenvalue weighted by atomic mass is 9.84. The summed E-state index contributed by atoms with van der Waals surface area (Å²) in [6.07, 6.45) is 8.99. The zero-order valence-corrected chi connectivity index (χ0v) is 10.2. The van der Waals surface area contributed by atoms with Gasteiger partial charge in [0.15, 0.2) is 0 Å². The number of thiazole rings is 1. The monoisotopic (exact) mass is 224 g/mol. The van der Waals surface area contributed by atoms with Crippen LogP contribution in [0.1, 0.15) is 44.0 Å². The molecule has 15 heavy (non-hydrogen) atoms. The summed E-state index contributed by atoms with van der Waals surface area (Å²) in [7, 11) is 0. The number of rotatable bonds is 4. The maximum atomic E-state index is 4.29. The molecule has 0 unspecified atom stereocenters. The van der Waals surface area contributed by atoms with Crippen molar-refractivity contribution in [2.75, 3.05) is 0 Å². The second-order valence-electron chi connectivity index (χ2n) is 4.49. The highest BCUT2D eigenvalue weighted by Gasteiger charge is 2.19. The van der Waals surface area contributed by atoms with Crippen molar-refractivity contribution in [3.8, 4) is 0 Å². The first-order chi connectivity index (χ1) is 7.36. The summed E-state index contributed by atoms with van der Waals surface area (Å²) in [6.45, 7) is 3.26. The summed E-state index contributed by atoms with van der Waals surface area (Å²) in [4.78, 5) is 4.29. The highest BCUT2D eigenvalue weighted by atomic mass is 32.1. The van der Waals surface area contributed by atoms with E-state index in [1.54, 1.807) is 11.3 Å². The lowest BCUT2D eigenvalue weighted by Crippen LogP contribution is -2.34. The van der Waals surface area contributed by atoms with Gasteiger partial charge in [-0.1, -0.05) is 19.3 Å². The van der Waals surface area contributed by atoms with Gasteiger partial charge in [-0.3, -0.25) is 0 Å². The minimum atomic E-state index is 0.647. The Morgan fingerprint density at radius 2 is 2.27 bits per heavy atom. The fourth-order valence-electron chi connectivity index (χ4n) is 2.39. The molecule has 0 spiro atoms. The summed E-state index contributed by atoms with van der Waals surface area (Å²) in [6, 6.07) is 0.647. The van der Waals surface area contributed by atoms with Gasteiger partial charge in [0.1, 0.15) is 5.01 Å². The van der Waals surface area contributed by atoms with Gasteiger partial charge in [-0.2, -0.15) is 0 Å². The number of aromatic nitrogens is 1. The molecule has 0 amide bonds. The van der Waals surface area contributed by atoms with E-state index in [0.717, 1.165) is 12.5 Å². The van der Waals surface area contributed by atoms with Crippen molar-refractivity contribution in [1.29, 1.82) is 0 Å². The third kappa shape index (κ3) is 3.28. The van der Waals surface area contributed by atoms with E-state index in [-0.39, 0.29) is 0 Å². The molecule has 2 rings (SSSR count). The number of hydrogen-bond donors (Lipinski definition) is 1. The quantitative estimate of drug-likeness (QED) is 0.849. The Kier molecular flexibility index (Phi) is 4.15. The summed E-state index contributed by atoms with van der Waals surface area (Å²) < 4.78 is 0. The molecule has 0 aliphatic heterocycles. The van der Waals surface area contributed by atoms with Gasteiger partial charge in [0.25, 0.3) is 0 Å². The average molecular weight is 224 g/mol. The Labute approximate surface area is 96.1 Å². The third-order valence-corrected chi connectivity index (χ3v) is 4.20. The first kappa shape index (κ1) is 11.1. The molecule has 0 radical (unpaired) electrons. The van der Waals surface area contributed by atoms with Crippen LogP contribution in [0.25, 0.3) is 0 Å². The summed E-state index contributed by atoms with van der Waals surface area (Å²) in [5.74, 6) is 0.888. The lowest BCUT2D eigenvalue weighted by Gasteiger charge is -2.28. The molecule has 1 fully saturated rings. The summed E-state index contributed by atoms with van der Waals surface area (Å²) in [5.41, 5.74) is 0. The van der Waals surface area contributed by atoms with Gasteiger partial charge < -0.3 is 5.32 Å². The Morgan fingerprint density at radius 1 is 1.47 bits per heavy atom. The molecule has 0 saturated heterocycles. The van der Waals surface area contributed by atoms with Gasteiger partial charge in [-0.15, -0.1) is 11.3 Å². The Morgan fingerprint density at radius 3 is 2.93 bits per heavy atom. The smallest absolute Gasteiger partial charge is 0.106 e. The van der Waals surface area contributed by atoms with Gasteiger partial charge in [-0.25, -0.2) is 4.98 Å². The van der Waals surface area contributed by atoms with Crippen molar-refractivity contribution < 1.29 is 0 Å². The van der Waals surface area contributed by atoms with Crippen molar-refractivity contribution in [2.24, 2.45) is 5.92 Å². The molecule has 1 atom stereocenters. The van der Waals surface area contributed by atoms with Crippen LogP contribution >= 0.6 is 11.3 Å². The lowest BCUT2D eigenvalue weighted by molar-refractivity contribution is 0.280. The van der Waals surface area contributed by atoms with E-state index < -0.39 is 0 Å². The molecular formula is C12H20N2S. The molecule has 1 aliphatic carbocycles. The minimum absolute atomic E-state index is 0.647. The number of nitrogens with one attached hydrogen (secondary N) is 1. The molecule has 3 heteroatoms. The van der Waals surface area contributed by atoms with Crippen molar-refractivity contribution >= 4 is 11.3 Å². The zero-order valence-electron chi connectivity index (χ0n) is 9.41. The Bertz CT molecular complexity index is 265. The van der Waals surface area contributed by atoms with Crippen LogP contribution in [0.15, 0.2) is 11.6 Å². The molecule has 0 aromatic carbocycles. The predicted octanol–water partition coefficient (Wildman–Crippen LogP) is 3.20. The summed E-state index contributed by atoms with van der Waals surface area (Å²) in [5, 5.41) is 6.85. The van der Waals surface area contributed by atoms with Crippen molar-refractivity contribution in [3.63, 3.8) is 0 Å². The molecule has 2 nitrogen and oxygen atoms in total. The highest BCUT2D eigenvalue weighted by Crippen LogP contribution is 2.26. The second-order valence-corrected chi connectivity index (χ2v) is 5.47. The van der Waals surface area contributed by atoms with E-state index >= 15 is 0 Å². The molecule has 0 bridgehead atoms. The molecule has 1 heterocycles. The van der Waals surface area contributed by atoms with E-state index in [2.05, 4.69) is 17.2 Å². The third-order valence-electron chi connectivity index (χ3n) is 3.42. The van der Waals surface area contributed by atoms with E-state index in [1.165, 1.54) is 37.1 Å². The van der Waals surface area contributed by atoms with Gasteiger partial charge in [0.2, 0.25) is 0 Å². The first-order valence-corrected chi connectivity index (χ1v) is 6.86. The van der Waals surface area contributed by atoms with E-state index in [4.69, 9.17) is 0 Å². The van der Waals surface area contributed by atoms with Crippen LogP contribution in [-0.2, 0) is 6.54 Å². The minimum Gasteiger partial charge on any atom is -0.308 e. The van der Waals surface area contributed by atoms with Gasteiger partial charge >= 0.3 is 0 Å².